The van der Waals surface area contributed by atoms with Crippen molar-refractivity contribution in [3.8, 4) is 0 Å². The Balaban J connectivity index is 2.16. The summed E-state index contributed by atoms with van der Waals surface area (Å²) in [5.41, 5.74) is 7.16. The number of hydrogen-bond acceptors (Lipinski definition) is 3. The molecule has 0 saturated carbocycles. The lowest BCUT2D eigenvalue weighted by Gasteiger charge is -2.14. The number of benzene rings is 1. The Bertz CT molecular complexity index is 496. The average molecular weight is 311 g/mol. The lowest BCUT2D eigenvalue weighted by molar-refractivity contribution is 0.700. The van der Waals surface area contributed by atoms with Crippen molar-refractivity contribution in [2.24, 2.45) is 5.73 Å². The lowest BCUT2D eigenvalue weighted by Crippen LogP contribution is -2.14. The molecule has 17 heavy (non-hydrogen) atoms. The second-order valence-electron chi connectivity index (χ2n) is 4.04. The van der Waals surface area contributed by atoms with E-state index in [1.54, 1.807) is 11.3 Å². The first kappa shape index (κ1) is 12.7. The molecule has 2 N–H and O–H groups in total. The maximum absolute atomic E-state index is 5.88. The van der Waals surface area contributed by atoms with Crippen molar-refractivity contribution in [2.75, 3.05) is 6.54 Å². The van der Waals surface area contributed by atoms with Crippen LogP contribution in [0.3, 0.4) is 0 Å². The Labute approximate surface area is 114 Å². The van der Waals surface area contributed by atoms with E-state index in [2.05, 4.69) is 39.1 Å². The van der Waals surface area contributed by atoms with Crippen LogP contribution in [0.1, 0.15) is 21.4 Å². The van der Waals surface area contributed by atoms with Gasteiger partial charge in [0.1, 0.15) is 0 Å². The third kappa shape index (κ3) is 3.37. The van der Waals surface area contributed by atoms with Crippen molar-refractivity contribution in [1.82, 2.24) is 4.98 Å². The number of thiazole rings is 1. The van der Waals surface area contributed by atoms with E-state index >= 15 is 0 Å². The van der Waals surface area contributed by atoms with Gasteiger partial charge in [-0.25, -0.2) is 4.98 Å². The molecule has 0 amide bonds. The summed E-state index contributed by atoms with van der Waals surface area (Å²) < 4.78 is 1.11. The Morgan fingerprint density at radius 3 is 2.88 bits per heavy atom. The Kier molecular flexibility index (Phi) is 4.31. The van der Waals surface area contributed by atoms with Crippen LogP contribution in [0.2, 0.25) is 0 Å². The topological polar surface area (TPSA) is 38.9 Å². The maximum atomic E-state index is 5.88. The van der Waals surface area contributed by atoms with Crippen LogP contribution in [0.5, 0.6) is 0 Å². The standard InChI is InChI=1S/C13H15BrN2S/c1-9-16-8-13(17-9)6-11(7-15)10-3-2-4-12(14)5-10/h2-5,8,11H,6-7,15H2,1H3. The Morgan fingerprint density at radius 1 is 1.47 bits per heavy atom. The predicted molar refractivity (Wildman–Crippen MR) is 76.5 cm³/mol. The summed E-state index contributed by atoms with van der Waals surface area (Å²) in [6.45, 7) is 2.69. The van der Waals surface area contributed by atoms with Crippen molar-refractivity contribution in [3.63, 3.8) is 0 Å². The summed E-state index contributed by atoms with van der Waals surface area (Å²) in [5.74, 6) is 0.368. The molecule has 0 radical (unpaired) electrons. The molecular formula is C13H15BrN2S. The summed E-state index contributed by atoms with van der Waals surface area (Å²) in [4.78, 5) is 5.59. The largest absolute Gasteiger partial charge is 0.330 e. The third-order valence-electron chi connectivity index (χ3n) is 2.72. The van der Waals surface area contributed by atoms with Gasteiger partial charge in [0.15, 0.2) is 0 Å². The average Bonchev–Trinajstić information content (AvgIpc) is 2.72. The fourth-order valence-electron chi connectivity index (χ4n) is 1.84. The summed E-state index contributed by atoms with van der Waals surface area (Å²) in [7, 11) is 0. The van der Waals surface area contributed by atoms with Gasteiger partial charge in [-0.1, -0.05) is 28.1 Å². The van der Waals surface area contributed by atoms with Gasteiger partial charge in [-0.15, -0.1) is 11.3 Å². The summed E-state index contributed by atoms with van der Waals surface area (Å²) in [6.07, 6.45) is 2.93. The number of nitrogens with zero attached hydrogens (tertiary/aromatic N) is 1. The van der Waals surface area contributed by atoms with Crippen LogP contribution >= 0.6 is 27.3 Å². The molecule has 0 aliphatic heterocycles. The van der Waals surface area contributed by atoms with Crippen molar-refractivity contribution >= 4 is 27.3 Å². The molecule has 4 heteroatoms. The second-order valence-corrected chi connectivity index (χ2v) is 6.27. The van der Waals surface area contributed by atoms with Crippen molar-refractivity contribution < 1.29 is 0 Å². The van der Waals surface area contributed by atoms with E-state index in [0.29, 0.717) is 12.5 Å². The molecule has 2 rings (SSSR count). The molecule has 0 aliphatic rings. The molecule has 90 valence electrons. The van der Waals surface area contributed by atoms with E-state index in [0.717, 1.165) is 15.9 Å². The minimum absolute atomic E-state index is 0.368. The van der Waals surface area contributed by atoms with Gasteiger partial charge in [0.05, 0.1) is 5.01 Å². The molecule has 0 fully saturated rings. The van der Waals surface area contributed by atoms with Gasteiger partial charge in [-0.05, 0) is 37.6 Å². The van der Waals surface area contributed by atoms with Crippen LogP contribution in [0.15, 0.2) is 34.9 Å². The van der Waals surface area contributed by atoms with E-state index in [1.165, 1.54) is 10.4 Å². The monoisotopic (exact) mass is 310 g/mol. The molecule has 0 spiro atoms. The van der Waals surface area contributed by atoms with Gasteiger partial charge in [-0.3, -0.25) is 0 Å². The molecule has 0 bridgehead atoms. The molecule has 1 atom stereocenters. The van der Waals surface area contributed by atoms with Gasteiger partial charge < -0.3 is 5.73 Å². The lowest BCUT2D eigenvalue weighted by atomic mass is 9.95. The molecule has 2 aromatic rings. The summed E-state index contributed by atoms with van der Waals surface area (Å²) in [5, 5.41) is 1.12. The molecule has 1 heterocycles. The second kappa shape index (κ2) is 5.76. The van der Waals surface area contributed by atoms with Gasteiger partial charge in [0.25, 0.3) is 0 Å². The normalized spacial score (nSPS) is 12.6. The number of aryl methyl sites for hydroxylation is 1. The molecule has 2 nitrogen and oxygen atoms in total. The van der Waals surface area contributed by atoms with Crippen LogP contribution in [0.4, 0.5) is 0 Å². The quantitative estimate of drug-likeness (QED) is 0.938. The number of nitrogens with two attached hydrogens (primary N) is 1. The van der Waals surface area contributed by atoms with Gasteiger partial charge in [0.2, 0.25) is 0 Å². The molecule has 1 aromatic heterocycles. The fraction of sp³-hybridized carbons (Fsp3) is 0.308. The highest BCUT2D eigenvalue weighted by Gasteiger charge is 2.12. The van der Waals surface area contributed by atoms with Crippen LogP contribution in [0, 0.1) is 6.92 Å². The van der Waals surface area contributed by atoms with Crippen LogP contribution in [0.25, 0.3) is 0 Å². The minimum Gasteiger partial charge on any atom is -0.330 e. The van der Waals surface area contributed by atoms with E-state index in [1.807, 2.05) is 19.2 Å². The minimum atomic E-state index is 0.368. The molecular weight excluding hydrogens is 296 g/mol. The third-order valence-corrected chi connectivity index (χ3v) is 4.15. The first-order valence-corrected chi connectivity index (χ1v) is 7.17. The number of aromatic nitrogens is 1. The van der Waals surface area contributed by atoms with Crippen LogP contribution < -0.4 is 5.73 Å². The summed E-state index contributed by atoms with van der Waals surface area (Å²) in [6, 6.07) is 8.37. The number of halogens is 1. The highest BCUT2D eigenvalue weighted by atomic mass is 79.9. The van der Waals surface area contributed by atoms with Gasteiger partial charge in [-0.2, -0.15) is 0 Å². The van der Waals surface area contributed by atoms with Crippen LogP contribution in [-0.2, 0) is 6.42 Å². The zero-order valence-electron chi connectivity index (χ0n) is 9.69. The van der Waals surface area contributed by atoms with E-state index < -0.39 is 0 Å². The Morgan fingerprint density at radius 2 is 2.29 bits per heavy atom. The number of rotatable bonds is 4. The van der Waals surface area contributed by atoms with Gasteiger partial charge >= 0.3 is 0 Å². The molecule has 0 aliphatic carbocycles. The zero-order valence-corrected chi connectivity index (χ0v) is 12.1. The summed E-state index contributed by atoms with van der Waals surface area (Å²) >= 11 is 5.25. The molecule has 1 unspecified atom stereocenters. The fourth-order valence-corrected chi connectivity index (χ4v) is 3.13. The van der Waals surface area contributed by atoms with Crippen LogP contribution in [-0.4, -0.2) is 11.5 Å². The predicted octanol–water partition coefficient (Wildman–Crippen LogP) is 3.50. The van der Waals surface area contributed by atoms with E-state index in [-0.39, 0.29) is 0 Å². The highest BCUT2D eigenvalue weighted by molar-refractivity contribution is 9.10. The van der Waals surface area contributed by atoms with Gasteiger partial charge in [0, 0.05) is 21.5 Å². The maximum Gasteiger partial charge on any atom is 0.0896 e. The van der Waals surface area contributed by atoms with Crippen molar-refractivity contribution in [3.05, 3.63) is 50.4 Å². The smallest absolute Gasteiger partial charge is 0.0896 e. The highest BCUT2D eigenvalue weighted by Crippen LogP contribution is 2.25. The zero-order chi connectivity index (χ0) is 12.3. The van der Waals surface area contributed by atoms with E-state index in [4.69, 9.17) is 5.73 Å². The van der Waals surface area contributed by atoms with Crippen molar-refractivity contribution in [1.29, 1.82) is 0 Å². The van der Waals surface area contributed by atoms with E-state index in [9.17, 15) is 0 Å². The number of hydrogen-bond donors (Lipinski definition) is 1. The molecule has 0 saturated heterocycles. The molecule has 1 aromatic carbocycles. The SMILES string of the molecule is Cc1ncc(CC(CN)c2cccc(Br)c2)s1. The first-order chi connectivity index (χ1) is 8.19. The Hall–Kier alpha value is -0.710. The first-order valence-electron chi connectivity index (χ1n) is 5.56. The van der Waals surface area contributed by atoms with Crippen molar-refractivity contribution in [2.45, 2.75) is 19.3 Å².